The molecule has 0 bridgehead atoms. The van der Waals surface area contributed by atoms with Gasteiger partial charge in [0.15, 0.2) is 0 Å². The molecule has 0 unspecified atom stereocenters. The zero-order chi connectivity index (χ0) is 28.8. The van der Waals surface area contributed by atoms with Crippen molar-refractivity contribution in [1.29, 1.82) is 0 Å². The van der Waals surface area contributed by atoms with Gasteiger partial charge in [-0.05, 0) is 82.6 Å². The van der Waals surface area contributed by atoms with Gasteiger partial charge in [0.25, 0.3) is 5.91 Å². The Morgan fingerprint density at radius 1 is 1.05 bits per heavy atom. The summed E-state index contributed by atoms with van der Waals surface area (Å²) < 4.78 is 38.4. The SMILES string of the molecule is CN(C)S(=O)(=O)Oc1ccc(-c2cc3cc(CN4CCCCC4)ccc3n2C(=O)OC(C)(C)C)c2c1CNC2=O. The summed E-state index contributed by atoms with van der Waals surface area (Å²) in [7, 11) is -1.30. The van der Waals surface area contributed by atoms with Crippen LogP contribution in [-0.2, 0) is 28.1 Å². The largest absolute Gasteiger partial charge is 0.443 e. The third kappa shape index (κ3) is 5.59. The van der Waals surface area contributed by atoms with E-state index in [2.05, 4.69) is 16.3 Å². The summed E-state index contributed by atoms with van der Waals surface area (Å²) in [6, 6.07) is 11.1. The standard InChI is InChI=1S/C29H36N4O6S/c1-29(2,3)38-28(35)33-23-11-9-19(18-32-13-7-6-8-14-32)15-20(23)16-24(33)21-10-12-25(39-40(36,37)31(4)5)22-17-30-27(34)26(21)22/h9-12,15-16H,6-8,13-14,17-18H2,1-5H3,(H,30,34). The molecule has 1 amide bonds. The van der Waals surface area contributed by atoms with Crippen molar-refractivity contribution >= 4 is 33.2 Å². The Bertz CT molecular complexity index is 1580. The van der Waals surface area contributed by atoms with Crippen LogP contribution in [0.25, 0.3) is 22.2 Å². The molecule has 1 aromatic heterocycles. The zero-order valence-electron chi connectivity index (χ0n) is 23.6. The molecule has 0 aliphatic carbocycles. The fourth-order valence-corrected chi connectivity index (χ4v) is 5.77. The van der Waals surface area contributed by atoms with E-state index in [0.29, 0.717) is 22.3 Å². The topological polar surface area (TPSA) is 110 Å². The Kier molecular flexibility index (Phi) is 7.41. The molecule has 40 heavy (non-hydrogen) atoms. The smallest absolute Gasteiger partial charge is 0.419 e. The van der Waals surface area contributed by atoms with Crippen molar-refractivity contribution in [3.05, 3.63) is 53.1 Å². The minimum Gasteiger partial charge on any atom is -0.443 e. The molecule has 214 valence electrons. The highest BCUT2D eigenvalue weighted by molar-refractivity contribution is 7.84. The summed E-state index contributed by atoms with van der Waals surface area (Å²) in [6.07, 6.45) is 3.10. The first-order chi connectivity index (χ1) is 18.8. The first-order valence-electron chi connectivity index (χ1n) is 13.5. The lowest BCUT2D eigenvalue weighted by atomic mass is 9.99. The number of amides is 1. The summed E-state index contributed by atoms with van der Waals surface area (Å²) in [4.78, 5) is 29.1. The lowest BCUT2D eigenvalue weighted by Gasteiger charge is -2.26. The second kappa shape index (κ2) is 10.5. The number of benzene rings is 2. The van der Waals surface area contributed by atoms with E-state index < -0.39 is 22.0 Å². The van der Waals surface area contributed by atoms with Crippen molar-refractivity contribution in [3.63, 3.8) is 0 Å². The number of nitrogens with one attached hydrogen (secondary N) is 1. The number of nitrogens with zero attached hydrogens (tertiary/aromatic N) is 3. The van der Waals surface area contributed by atoms with Crippen LogP contribution in [0.1, 0.15) is 61.5 Å². The lowest BCUT2D eigenvalue weighted by molar-refractivity contribution is 0.0547. The van der Waals surface area contributed by atoms with Crippen LogP contribution < -0.4 is 9.50 Å². The molecule has 2 aromatic carbocycles. The number of hydrogen-bond acceptors (Lipinski definition) is 7. The molecule has 11 heteroatoms. The van der Waals surface area contributed by atoms with Crippen LogP contribution in [0.4, 0.5) is 4.79 Å². The van der Waals surface area contributed by atoms with Gasteiger partial charge in [0.05, 0.1) is 16.8 Å². The van der Waals surface area contributed by atoms with Gasteiger partial charge in [-0.3, -0.25) is 9.69 Å². The Labute approximate surface area is 235 Å². The molecule has 3 heterocycles. The van der Waals surface area contributed by atoms with Crippen LogP contribution in [0, 0.1) is 0 Å². The first-order valence-corrected chi connectivity index (χ1v) is 14.9. The second-order valence-corrected chi connectivity index (χ2v) is 13.3. The molecular formula is C29H36N4O6S. The van der Waals surface area contributed by atoms with Crippen LogP contribution in [0.3, 0.4) is 0 Å². The average Bonchev–Trinajstić information content (AvgIpc) is 3.45. The number of rotatable bonds is 6. The van der Waals surface area contributed by atoms with Crippen molar-refractivity contribution < 1.29 is 26.9 Å². The van der Waals surface area contributed by atoms with E-state index in [0.717, 1.165) is 34.9 Å². The van der Waals surface area contributed by atoms with E-state index in [1.54, 1.807) is 26.8 Å². The Hall–Kier alpha value is -3.41. The van der Waals surface area contributed by atoms with Gasteiger partial charge >= 0.3 is 16.4 Å². The minimum atomic E-state index is -4.04. The number of hydrogen-bond donors (Lipinski definition) is 1. The number of piperidine rings is 1. The van der Waals surface area contributed by atoms with E-state index in [1.807, 2.05) is 18.2 Å². The Balaban J connectivity index is 1.64. The van der Waals surface area contributed by atoms with E-state index >= 15 is 0 Å². The molecule has 2 aliphatic rings. The monoisotopic (exact) mass is 568 g/mol. The summed E-state index contributed by atoms with van der Waals surface area (Å²) >= 11 is 0. The van der Waals surface area contributed by atoms with Gasteiger partial charge < -0.3 is 14.2 Å². The van der Waals surface area contributed by atoms with Gasteiger partial charge in [-0.1, -0.05) is 12.5 Å². The lowest BCUT2D eigenvalue weighted by Crippen LogP contribution is -2.29. The maximum atomic E-state index is 13.6. The van der Waals surface area contributed by atoms with Gasteiger partial charge in [-0.15, -0.1) is 0 Å². The summed E-state index contributed by atoms with van der Waals surface area (Å²) in [6.45, 7) is 8.48. The molecule has 2 aliphatic heterocycles. The van der Waals surface area contributed by atoms with Gasteiger partial charge in [0, 0.05) is 43.7 Å². The third-order valence-electron chi connectivity index (χ3n) is 7.14. The van der Waals surface area contributed by atoms with Gasteiger partial charge in [0.1, 0.15) is 11.4 Å². The van der Waals surface area contributed by atoms with Crippen LogP contribution in [0.15, 0.2) is 36.4 Å². The molecule has 0 saturated carbocycles. The maximum Gasteiger partial charge on any atom is 0.419 e. The molecule has 1 fully saturated rings. The number of aromatic nitrogens is 1. The van der Waals surface area contributed by atoms with E-state index in [-0.39, 0.29) is 23.8 Å². The molecule has 0 radical (unpaired) electrons. The quantitative estimate of drug-likeness (QED) is 0.466. The highest BCUT2D eigenvalue weighted by Gasteiger charge is 2.32. The van der Waals surface area contributed by atoms with Crippen LogP contribution in [0.2, 0.25) is 0 Å². The van der Waals surface area contributed by atoms with Gasteiger partial charge in [0.2, 0.25) is 0 Å². The molecule has 1 N–H and O–H groups in total. The fraction of sp³-hybridized carbons (Fsp3) is 0.448. The Morgan fingerprint density at radius 2 is 1.77 bits per heavy atom. The summed E-state index contributed by atoms with van der Waals surface area (Å²) in [5, 5.41) is 3.61. The van der Waals surface area contributed by atoms with Crippen molar-refractivity contribution in [1.82, 2.24) is 19.1 Å². The summed E-state index contributed by atoms with van der Waals surface area (Å²) in [5.74, 6) is -0.306. The van der Waals surface area contributed by atoms with Gasteiger partial charge in [-0.2, -0.15) is 12.7 Å². The maximum absolute atomic E-state index is 13.6. The van der Waals surface area contributed by atoms with E-state index in [1.165, 1.54) is 44.0 Å². The minimum absolute atomic E-state index is 0.0644. The number of fused-ring (bicyclic) bond motifs is 2. The Morgan fingerprint density at radius 3 is 2.45 bits per heavy atom. The normalized spacial score (nSPS) is 16.3. The van der Waals surface area contributed by atoms with Crippen molar-refractivity contribution in [2.75, 3.05) is 27.2 Å². The molecule has 0 spiro atoms. The van der Waals surface area contributed by atoms with Crippen molar-refractivity contribution in [3.8, 4) is 17.0 Å². The van der Waals surface area contributed by atoms with Crippen LogP contribution in [0.5, 0.6) is 5.75 Å². The predicted octanol–water partition coefficient (Wildman–Crippen LogP) is 4.51. The first kappa shape index (κ1) is 28.1. The van der Waals surface area contributed by atoms with Gasteiger partial charge in [-0.25, -0.2) is 9.36 Å². The highest BCUT2D eigenvalue weighted by atomic mass is 32.2. The average molecular weight is 569 g/mol. The molecule has 1 saturated heterocycles. The molecule has 0 atom stereocenters. The molecule has 3 aromatic rings. The number of likely N-dealkylation sites (tertiary alicyclic amines) is 1. The molecule has 10 nitrogen and oxygen atoms in total. The highest BCUT2D eigenvalue weighted by Crippen LogP contribution is 2.38. The number of carbonyl (C=O) groups excluding carboxylic acids is 2. The van der Waals surface area contributed by atoms with Crippen LogP contribution in [-0.4, -0.2) is 67.0 Å². The molecule has 5 rings (SSSR count). The van der Waals surface area contributed by atoms with Crippen molar-refractivity contribution in [2.45, 2.75) is 58.7 Å². The fourth-order valence-electron chi connectivity index (χ4n) is 5.24. The summed E-state index contributed by atoms with van der Waals surface area (Å²) in [5.41, 5.74) is 2.72. The van der Waals surface area contributed by atoms with Crippen LogP contribution >= 0.6 is 0 Å². The van der Waals surface area contributed by atoms with Crippen molar-refractivity contribution in [2.24, 2.45) is 0 Å². The molecular weight excluding hydrogens is 532 g/mol. The van der Waals surface area contributed by atoms with E-state index in [9.17, 15) is 18.0 Å². The second-order valence-electron chi connectivity index (χ2n) is 11.5. The number of ether oxygens (including phenoxy) is 1. The third-order valence-corrected chi connectivity index (χ3v) is 8.42. The van der Waals surface area contributed by atoms with E-state index in [4.69, 9.17) is 8.92 Å². The number of carbonyl (C=O) groups is 2. The predicted molar refractivity (Wildman–Crippen MR) is 153 cm³/mol. The zero-order valence-corrected chi connectivity index (χ0v) is 24.4.